The van der Waals surface area contributed by atoms with Crippen molar-refractivity contribution in [2.45, 2.75) is 31.8 Å². The van der Waals surface area contributed by atoms with E-state index in [1.807, 2.05) is 20.9 Å². The van der Waals surface area contributed by atoms with Crippen molar-refractivity contribution in [2.75, 3.05) is 5.75 Å². The molecule has 1 atom stereocenters. The first-order chi connectivity index (χ1) is 10.6. The average molecular weight is 363 g/mol. The molecular formula is C14H16F3N3OS2. The first kappa shape index (κ1) is 17.9. The smallest absolute Gasteiger partial charge is 0.307 e. The third-order valence-corrected chi connectivity index (χ3v) is 5.69. The zero-order chi connectivity index (χ0) is 17.4. The highest BCUT2D eigenvalue weighted by molar-refractivity contribution is 7.85. The molecular weight excluding hydrogens is 347 g/mol. The number of alkyl halides is 3. The molecule has 0 bridgehead atoms. The summed E-state index contributed by atoms with van der Waals surface area (Å²) >= 11 is 1.20. The van der Waals surface area contributed by atoms with E-state index in [-0.39, 0.29) is 4.90 Å². The molecule has 0 radical (unpaired) electrons. The van der Waals surface area contributed by atoms with Crippen LogP contribution < -0.4 is 4.80 Å². The molecule has 23 heavy (non-hydrogen) atoms. The number of aromatic nitrogens is 2. The third-order valence-electron chi connectivity index (χ3n) is 3.28. The summed E-state index contributed by atoms with van der Waals surface area (Å²) in [4.78, 5) is 5.23. The first-order valence-electron chi connectivity index (χ1n) is 6.69. The molecule has 0 fully saturated rings. The van der Waals surface area contributed by atoms with Gasteiger partial charge in [-0.3, -0.25) is 4.21 Å². The van der Waals surface area contributed by atoms with Crippen LogP contribution in [0.2, 0.25) is 0 Å². The van der Waals surface area contributed by atoms with E-state index in [0.717, 1.165) is 11.4 Å². The van der Waals surface area contributed by atoms with Crippen LogP contribution in [0.25, 0.3) is 0 Å². The molecule has 1 aromatic heterocycles. The summed E-state index contributed by atoms with van der Waals surface area (Å²) in [5, 5.41) is 0. The van der Waals surface area contributed by atoms with Gasteiger partial charge in [0.25, 0.3) is 0 Å². The van der Waals surface area contributed by atoms with E-state index in [4.69, 9.17) is 0 Å². The molecule has 4 nitrogen and oxygen atoms in total. The lowest BCUT2D eigenvalue weighted by Crippen LogP contribution is -2.19. The normalized spacial score (nSPS) is 14.3. The predicted molar refractivity (Wildman–Crippen MR) is 84.3 cm³/mol. The van der Waals surface area contributed by atoms with Crippen LogP contribution in [0.5, 0.6) is 0 Å². The van der Waals surface area contributed by atoms with Gasteiger partial charge in [0, 0.05) is 23.5 Å². The minimum Gasteiger partial charge on any atom is -0.307 e. The number of nitrogens with zero attached hydrogens (tertiary/aromatic N) is 3. The quantitative estimate of drug-likeness (QED) is 0.840. The maximum atomic E-state index is 12.5. The van der Waals surface area contributed by atoms with Crippen molar-refractivity contribution < 1.29 is 17.4 Å². The van der Waals surface area contributed by atoms with Crippen molar-refractivity contribution >= 4 is 28.0 Å². The number of hydrogen-bond acceptors (Lipinski definition) is 4. The molecule has 0 saturated heterocycles. The molecule has 1 unspecified atom stereocenters. The third kappa shape index (κ3) is 4.29. The fraction of sp³-hybridized carbons (Fsp3) is 0.429. The zero-order valence-electron chi connectivity index (χ0n) is 13.1. The predicted octanol–water partition coefficient (Wildman–Crippen LogP) is 3.31. The minimum atomic E-state index is -4.47. The van der Waals surface area contributed by atoms with E-state index >= 15 is 0 Å². The molecule has 0 aliphatic rings. The summed E-state index contributed by atoms with van der Waals surface area (Å²) in [7, 11) is -0.336. The van der Waals surface area contributed by atoms with Gasteiger partial charge < -0.3 is 4.57 Å². The van der Waals surface area contributed by atoms with Crippen LogP contribution in [0.1, 0.15) is 17.0 Å². The molecule has 0 spiro atoms. The van der Waals surface area contributed by atoms with Crippen molar-refractivity contribution in [2.24, 2.45) is 12.0 Å². The molecule has 126 valence electrons. The van der Waals surface area contributed by atoms with E-state index in [2.05, 4.69) is 9.37 Å². The van der Waals surface area contributed by atoms with Gasteiger partial charge in [-0.1, -0.05) is 6.07 Å². The lowest BCUT2D eigenvalue weighted by atomic mass is 10.1. The van der Waals surface area contributed by atoms with Crippen molar-refractivity contribution in [1.29, 1.82) is 0 Å². The Morgan fingerprint density at radius 2 is 1.91 bits per heavy atom. The Bertz CT molecular complexity index is 822. The van der Waals surface area contributed by atoms with Gasteiger partial charge >= 0.3 is 6.18 Å². The summed E-state index contributed by atoms with van der Waals surface area (Å²) in [5.41, 5.74) is 1.87. The Morgan fingerprint density at radius 3 is 2.43 bits per heavy atom. The van der Waals surface area contributed by atoms with Crippen molar-refractivity contribution in [1.82, 2.24) is 8.94 Å². The topological polar surface area (TPSA) is 47.2 Å². The Morgan fingerprint density at radius 1 is 1.26 bits per heavy atom. The highest BCUT2D eigenvalue weighted by atomic mass is 32.2. The molecule has 1 aromatic carbocycles. The summed E-state index contributed by atoms with van der Waals surface area (Å²) in [6, 6.07) is 3.18. The van der Waals surface area contributed by atoms with Gasteiger partial charge in [-0.25, -0.2) is 4.99 Å². The Kier molecular flexibility index (Phi) is 5.10. The number of rotatable bonds is 3. The minimum absolute atomic E-state index is 0.163. The number of aryl methyl sites for hydroxylation is 3. The lowest BCUT2D eigenvalue weighted by Gasteiger charge is -2.11. The molecule has 1 heterocycles. The van der Waals surface area contributed by atoms with Crippen LogP contribution in [0.3, 0.4) is 0 Å². The Balaban J connectivity index is 2.51. The highest BCUT2D eigenvalue weighted by Crippen LogP contribution is 2.28. The second-order valence-corrected chi connectivity index (χ2v) is 7.34. The van der Waals surface area contributed by atoms with E-state index < -0.39 is 22.7 Å². The highest BCUT2D eigenvalue weighted by Gasteiger charge is 2.31. The molecule has 2 rings (SSSR count). The van der Waals surface area contributed by atoms with Crippen molar-refractivity contribution in [3.05, 3.63) is 33.9 Å². The standard InChI is InChI=1S/C14H16F3N3OS2/c1-8-5-9(2)12(23(21)7-14(15,16)17)6-11(8)18-13-20(4)10(3)19-22-13/h5-6H,7H2,1-4H3. The summed E-state index contributed by atoms with van der Waals surface area (Å²) in [6.07, 6.45) is -4.47. The first-order valence-corrected chi connectivity index (χ1v) is 8.78. The lowest BCUT2D eigenvalue weighted by molar-refractivity contribution is -0.105. The molecule has 0 aliphatic heterocycles. The largest absolute Gasteiger partial charge is 0.400 e. The summed E-state index contributed by atoms with van der Waals surface area (Å²) in [5.74, 6) is -0.566. The summed E-state index contributed by atoms with van der Waals surface area (Å²) < 4.78 is 55.4. The number of halogens is 3. The average Bonchev–Trinajstić information content (AvgIpc) is 2.71. The van der Waals surface area contributed by atoms with Gasteiger partial charge in [-0.15, -0.1) is 0 Å². The van der Waals surface area contributed by atoms with Crippen LogP contribution in [-0.4, -0.2) is 25.1 Å². The maximum Gasteiger partial charge on any atom is 0.400 e. The van der Waals surface area contributed by atoms with Crippen LogP contribution in [0.15, 0.2) is 22.0 Å². The molecule has 0 aliphatic carbocycles. The molecule has 0 saturated carbocycles. The van der Waals surface area contributed by atoms with Gasteiger partial charge in [0.2, 0.25) is 4.80 Å². The van der Waals surface area contributed by atoms with Crippen molar-refractivity contribution in [3.8, 4) is 0 Å². The molecule has 0 N–H and O–H groups in total. The van der Waals surface area contributed by atoms with Crippen molar-refractivity contribution in [3.63, 3.8) is 0 Å². The molecule has 9 heteroatoms. The number of benzene rings is 1. The van der Waals surface area contributed by atoms with Crippen LogP contribution in [0, 0.1) is 20.8 Å². The van der Waals surface area contributed by atoms with E-state index in [1.165, 1.54) is 17.6 Å². The fourth-order valence-electron chi connectivity index (χ4n) is 1.98. The maximum absolute atomic E-state index is 12.5. The van der Waals surface area contributed by atoms with Gasteiger partial charge in [-0.05, 0) is 38.0 Å². The monoisotopic (exact) mass is 363 g/mol. The second-order valence-electron chi connectivity index (χ2n) is 5.19. The van der Waals surface area contributed by atoms with Gasteiger partial charge in [0.1, 0.15) is 11.6 Å². The molecule has 2 aromatic rings. The van der Waals surface area contributed by atoms with Crippen LogP contribution >= 0.6 is 11.5 Å². The Hall–Kier alpha value is -1.48. The molecule has 0 amide bonds. The van der Waals surface area contributed by atoms with Gasteiger partial charge in [0.15, 0.2) is 0 Å². The van der Waals surface area contributed by atoms with Gasteiger partial charge in [0.05, 0.1) is 16.5 Å². The second kappa shape index (κ2) is 6.56. The van der Waals surface area contributed by atoms with Gasteiger partial charge in [-0.2, -0.15) is 17.5 Å². The van der Waals surface area contributed by atoms with Crippen LogP contribution in [-0.2, 0) is 17.8 Å². The van der Waals surface area contributed by atoms with E-state index in [0.29, 0.717) is 16.1 Å². The number of hydrogen-bond donors (Lipinski definition) is 0. The SMILES string of the molecule is Cc1cc(C)c(S(=O)CC(F)(F)F)cc1N=c1snc(C)n1C. The Labute approximate surface area is 138 Å². The van der Waals surface area contributed by atoms with Crippen LogP contribution in [0.4, 0.5) is 18.9 Å². The zero-order valence-corrected chi connectivity index (χ0v) is 14.7. The van der Waals surface area contributed by atoms with E-state index in [1.54, 1.807) is 17.6 Å². The fourth-order valence-corrected chi connectivity index (χ4v) is 3.82. The summed E-state index contributed by atoms with van der Waals surface area (Å²) in [6.45, 7) is 5.30. The van der Waals surface area contributed by atoms with E-state index in [9.17, 15) is 17.4 Å².